The molecule has 0 radical (unpaired) electrons. The van der Waals surface area contributed by atoms with Crippen molar-refractivity contribution in [2.24, 2.45) is 0 Å². The predicted octanol–water partition coefficient (Wildman–Crippen LogP) is 0.722. The summed E-state index contributed by atoms with van der Waals surface area (Å²) >= 11 is 0. The molecule has 1 aromatic carbocycles. The summed E-state index contributed by atoms with van der Waals surface area (Å²) in [6.07, 6.45) is 0.821. The smallest absolute Gasteiger partial charge is 0.315 e. The number of aliphatic carboxylic acids is 1. The maximum Gasteiger partial charge on any atom is 0.315 e. The summed E-state index contributed by atoms with van der Waals surface area (Å²) in [6, 6.07) is 6.95. The topological polar surface area (TPSA) is 90.5 Å². The van der Waals surface area contributed by atoms with Crippen molar-refractivity contribution in [3.8, 4) is 0 Å². The summed E-state index contributed by atoms with van der Waals surface area (Å²) in [5.41, 5.74) is 1.54. The molecular formula is C14H21N3O3. The summed E-state index contributed by atoms with van der Waals surface area (Å²) in [5.74, 6) is -0.881. The minimum atomic E-state index is -0.881. The van der Waals surface area contributed by atoms with Crippen LogP contribution in [-0.4, -0.2) is 37.2 Å². The van der Waals surface area contributed by atoms with E-state index in [4.69, 9.17) is 5.11 Å². The maximum atomic E-state index is 11.6. The van der Waals surface area contributed by atoms with E-state index in [2.05, 4.69) is 16.0 Å². The maximum absolute atomic E-state index is 11.6. The zero-order valence-corrected chi connectivity index (χ0v) is 11.6. The van der Waals surface area contributed by atoms with Crippen LogP contribution in [0.3, 0.4) is 0 Å². The average molecular weight is 279 g/mol. The molecule has 6 nitrogen and oxygen atoms in total. The molecule has 0 aliphatic heterocycles. The summed E-state index contributed by atoms with van der Waals surface area (Å²) < 4.78 is 0. The molecule has 0 aromatic heterocycles. The van der Waals surface area contributed by atoms with E-state index in [1.54, 1.807) is 12.1 Å². The summed E-state index contributed by atoms with van der Waals surface area (Å²) in [4.78, 5) is 22.3. The second-order valence-electron chi connectivity index (χ2n) is 4.41. The standard InChI is InChI=1S/C14H21N3O3/c1-15-7-4-8-16-14(20)17-10-12-6-3-2-5-11(12)9-13(18)19/h2-3,5-6,15H,4,7-10H2,1H3,(H,18,19)(H2,16,17,20). The van der Waals surface area contributed by atoms with Gasteiger partial charge in [-0.3, -0.25) is 4.79 Å². The average Bonchev–Trinajstić information content (AvgIpc) is 2.42. The van der Waals surface area contributed by atoms with Gasteiger partial charge in [0.15, 0.2) is 0 Å². The van der Waals surface area contributed by atoms with Gasteiger partial charge in [0.05, 0.1) is 6.42 Å². The number of carboxylic acids is 1. The number of benzene rings is 1. The number of carbonyl (C=O) groups is 2. The first kappa shape index (κ1) is 16.0. The van der Waals surface area contributed by atoms with Crippen LogP contribution in [0.4, 0.5) is 4.79 Å². The lowest BCUT2D eigenvalue weighted by atomic mass is 10.0. The fraction of sp³-hybridized carbons (Fsp3) is 0.429. The van der Waals surface area contributed by atoms with Crippen LogP contribution < -0.4 is 16.0 Å². The summed E-state index contributed by atoms with van der Waals surface area (Å²) in [7, 11) is 1.86. The van der Waals surface area contributed by atoms with E-state index in [-0.39, 0.29) is 12.5 Å². The molecule has 0 fully saturated rings. The summed E-state index contributed by atoms with van der Waals surface area (Å²) in [6.45, 7) is 1.77. The molecular weight excluding hydrogens is 258 g/mol. The van der Waals surface area contributed by atoms with E-state index >= 15 is 0 Å². The number of nitrogens with one attached hydrogen (secondary N) is 3. The van der Waals surface area contributed by atoms with Crippen LogP contribution in [-0.2, 0) is 17.8 Å². The Bertz CT molecular complexity index is 449. The largest absolute Gasteiger partial charge is 0.481 e. The van der Waals surface area contributed by atoms with E-state index in [0.717, 1.165) is 24.1 Å². The molecule has 2 amide bonds. The van der Waals surface area contributed by atoms with E-state index < -0.39 is 5.97 Å². The third kappa shape index (κ3) is 6.19. The van der Waals surface area contributed by atoms with E-state index in [0.29, 0.717) is 13.1 Å². The number of rotatable bonds is 8. The molecule has 1 aromatic rings. The summed E-state index contributed by atoms with van der Waals surface area (Å²) in [5, 5.41) is 17.3. The fourth-order valence-corrected chi connectivity index (χ4v) is 1.77. The van der Waals surface area contributed by atoms with Crippen molar-refractivity contribution in [1.29, 1.82) is 0 Å². The third-order valence-electron chi connectivity index (χ3n) is 2.79. The predicted molar refractivity (Wildman–Crippen MR) is 76.6 cm³/mol. The van der Waals surface area contributed by atoms with Crippen LogP contribution in [0, 0.1) is 0 Å². The van der Waals surface area contributed by atoms with Crippen LogP contribution in [0.2, 0.25) is 0 Å². The first-order chi connectivity index (χ1) is 9.63. The zero-order chi connectivity index (χ0) is 14.8. The van der Waals surface area contributed by atoms with Gasteiger partial charge < -0.3 is 21.1 Å². The third-order valence-corrected chi connectivity index (χ3v) is 2.79. The van der Waals surface area contributed by atoms with Gasteiger partial charge in [0.1, 0.15) is 0 Å². The highest BCUT2D eigenvalue weighted by Gasteiger charge is 2.07. The number of carbonyl (C=O) groups excluding carboxylic acids is 1. The van der Waals surface area contributed by atoms with Gasteiger partial charge in [-0.25, -0.2) is 4.79 Å². The quantitative estimate of drug-likeness (QED) is 0.528. The molecule has 0 saturated carbocycles. The Morgan fingerprint density at radius 2 is 1.80 bits per heavy atom. The van der Waals surface area contributed by atoms with Crippen molar-refractivity contribution < 1.29 is 14.7 Å². The molecule has 110 valence electrons. The van der Waals surface area contributed by atoms with Gasteiger partial charge in [-0.1, -0.05) is 24.3 Å². The fourth-order valence-electron chi connectivity index (χ4n) is 1.77. The zero-order valence-electron chi connectivity index (χ0n) is 11.6. The van der Waals surface area contributed by atoms with Gasteiger partial charge in [-0.05, 0) is 31.1 Å². The molecule has 0 atom stereocenters. The number of carboxylic acid groups (broad SMARTS) is 1. The van der Waals surface area contributed by atoms with Gasteiger partial charge in [-0.15, -0.1) is 0 Å². The van der Waals surface area contributed by atoms with Gasteiger partial charge in [0, 0.05) is 13.1 Å². The highest BCUT2D eigenvalue weighted by Crippen LogP contribution is 2.09. The Labute approximate surface area is 118 Å². The SMILES string of the molecule is CNCCCNC(=O)NCc1ccccc1CC(=O)O. The van der Waals surface area contributed by atoms with E-state index in [9.17, 15) is 9.59 Å². The Kier molecular flexibility index (Phi) is 7.13. The lowest BCUT2D eigenvalue weighted by Gasteiger charge is -2.10. The monoisotopic (exact) mass is 279 g/mol. The first-order valence-electron chi connectivity index (χ1n) is 6.58. The Hall–Kier alpha value is -2.08. The highest BCUT2D eigenvalue weighted by molar-refractivity contribution is 5.74. The molecule has 1 rings (SSSR count). The van der Waals surface area contributed by atoms with Crippen molar-refractivity contribution >= 4 is 12.0 Å². The van der Waals surface area contributed by atoms with Gasteiger partial charge in [0.25, 0.3) is 0 Å². The van der Waals surface area contributed by atoms with Crippen molar-refractivity contribution in [1.82, 2.24) is 16.0 Å². The molecule has 0 aliphatic rings. The van der Waals surface area contributed by atoms with Crippen LogP contribution in [0.15, 0.2) is 24.3 Å². The second kappa shape index (κ2) is 8.92. The minimum Gasteiger partial charge on any atom is -0.481 e. The molecule has 20 heavy (non-hydrogen) atoms. The van der Waals surface area contributed by atoms with Crippen LogP contribution in [0.1, 0.15) is 17.5 Å². The van der Waals surface area contributed by atoms with E-state index in [1.165, 1.54) is 0 Å². The molecule has 0 bridgehead atoms. The van der Waals surface area contributed by atoms with Crippen LogP contribution >= 0.6 is 0 Å². The molecule has 0 aliphatic carbocycles. The van der Waals surface area contributed by atoms with Crippen LogP contribution in [0.25, 0.3) is 0 Å². The highest BCUT2D eigenvalue weighted by atomic mass is 16.4. The van der Waals surface area contributed by atoms with Crippen molar-refractivity contribution in [3.05, 3.63) is 35.4 Å². The molecule has 0 spiro atoms. The van der Waals surface area contributed by atoms with Gasteiger partial charge in [-0.2, -0.15) is 0 Å². The Morgan fingerprint density at radius 3 is 2.45 bits per heavy atom. The number of hydrogen-bond acceptors (Lipinski definition) is 3. The Balaban J connectivity index is 2.41. The van der Waals surface area contributed by atoms with Crippen molar-refractivity contribution in [3.63, 3.8) is 0 Å². The van der Waals surface area contributed by atoms with Crippen molar-refractivity contribution in [2.75, 3.05) is 20.1 Å². The Morgan fingerprint density at radius 1 is 1.10 bits per heavy atom. The van der Waals surface area contributed by atoms with Crippen molar-refractivity contribution in [2.45, 2.75) is 19.4 Å². The molecule has 0 saturated heterocycles. The molecule has 4 N–H and O–H groups in total. The lowest BCUT2D eigenvalue weighted by Crippen LogP contribution is -2.36. The van der Waals surface area contributed by atoms with Gasteiger partial charge in [0.2, 0.25) is 0 Å². The first-order valence-corrected chi connectivity index (χ1v) is 6.58. The molecule has 0 heterocycles. The number of hydrogen-bond donors (Lipinski definition) is 4. The van der Waals surface area contributed by atoms with Gasteiger partial charge >= 0.3 is 12.0 Å². The minimum absolute atomic E-state index is 0.0400. The molecule has 0 unspecified atom stereocenters. The van der Waals surface area contributed by atoms with Crippen LogP contribution in [0.5, 0.6) is 0 Å². The lowest BCUT2D eigenvalue weighted by molar-refractivity contribution is -0.136. The van der Waals surface area contributed by atoms with E-state index in [1.807, 2.05) is 19.2 Å². The normalized spacial score (nSPS) is 10.1. The molecule has 6 heteroatoms. The second-order valence-corrected chi connectivity index (χ2v) is 4.41. The number of urea groups is 1. The number of amides is 2.